The molecule has 3 rings (SSSR count). The largest absolute Gasteiger partial charge is 0.325 e. The van der Waals surface area contributed by atoms with Crippen LogP contribution in [0.15, 0.2) is 52.5 Å². The lowest BCUT2D eigenvalue weighted by Crippen LogP contribution is -2.24. The van der Waals surface area contributed by atoms with Crippen LogP contribution in [0.1, 0.15) is 12.5 Å². The van der Waals surface area contributed by atoms with Crippen LogP contribution in [0.2, 0.25) is 5.02 Å². The molecule has 3 aromatic rings. The van der Waals surface area contributed by atoms with Gasteiger partial charge in [0.1, 0.15) is 4.90 Å². The number of thioether (sulfide) groups is 1. The molecule has 0 bridgehead atoms. The summed E-state index contributed by atoms with van der Waals surface area (Å²) >= 11 is 7.33. The van der Waals surface area contributed by atoms with E-state index in [4.69, 9.17) is 11.6 Å². The van der Waals surface area contributed by atoms with Crippen molar-refractivity contribution in [2.45, 2.75) is 29.1 Å². The monoisotopic (exact) mass is 493 g/mol. The van der Waals surface area contributed by atoms with Crippen molar-refractivity contribution in [1.29, 1.82) is 0 Å². The third-order valence-electron chi connectivity index (χ3n) is 4.72. The van der Waals surface area contributed by atoms with Gasteiger partial charge < -0.3 is 9.88 Å². The second kappa shape index (κ2) is 9.62. The molecule has 32 heavy (non-hydrogen) atoms. The number of carbonyl (C=O) groups is 1. The van der Waals surface area contributed by atoms with Crippen LogP contribution in [-0.2, 0) is 21.9 Å². The normalized spacial score (nSPS) is 12.7. The average Bonchev–Trinajstić information content (AvgIpc) is 3.09. The zero-order valence-electron chi connectivity index (χ0n) is 18.3. The minimum atomic E-state index is -3.74. The molecule has 1 heterocycles. The molecule has 0 saturated heterocycles. The zero-order valence-corrected chi connectivity index (χ0v) is 20.7. The van der Waals surface area contributed by atoms with E-state index in [2.05, 4.69) is 15.5 Å². The SMILES string of the molecule is Cc1cccc(-c2nnc(SC(C)C(=O)Nc3ccc(Cl)c(S(=O)(=O)N(C)C)c3)n2C)c1. The molecule has 8 nitrogen and oxygen atoms in total. The first-order chi connectivity index (χ1) is 15.0. The minimum Gasteiger partial charge on any atom is -0.325 e. The van der Waals surface area contributed by atoms with Gasteiger partial charge in [0.25, 0.3) is 0 Å². The lowest BCUT2D eigenvalue weighted by Gasteiger charge is -2.15. The third kappa shape index (κ3) is 5.15. The number of aryl methyl sites for hydroxylation is 1. The van der Waals surface area contributed by atoms with Crippen LogP contribution in [0, 0.1) is 6.92 Å². The highest BCUT2D eigenvalue weighted by molar-refractivity contribution is 8.00. The fourth-order valence-corrected chi connectivity index (χ4v) is 5.09. The summed E-state index contributed by atoms with van der Waals surface area (Å²) in [6.07, 6.45) is 0. The van der Waals surface area contributed by atoms with Gasteiger partial charge >= 0.3 is 0 Å². The Hall–Kier alpha value is -2.40. The van der Waals surface area contributed by atoms with Crippen molar-refractivity contribution in [2.75, 3.05) is 19.4 Å². The summed E-state index contributed by atoms with van der Waals surface area (Å²) in [5, 5.41) is 11.4. The lowest BCUT2D eigenvalue weighted by molar-refractivity contribution is -0.115. The zero-order chi connectivity index (χ0) is 23.6. The molecule has 170 valence electrons. The molecule has 11 heteroatoms. The Morgan fingerprint density at radius 3 is 2.56 bits per heavy atom. The first-order valence-corrected chi connectivity index (χ1v) is 12.4. The van der Waals surface area contributed by atoms with E-state index in [-0.39, 0.29) is 15.8 Å². The van der Waals surface area contributed by atoms with E-state index in [0.29, 0.717) is 16.7 Å². The molecule has 0 fully saturated rings. The van der Waals surface area contributed by atoms with Crippen molar-refractivity contribution in [3.05, 3.63) is 53.1 Å². The topological polar surface area (TPSA) is 97.2 Å². The van der Waals surface area contributed by atoms with E-state index in [1.165, 1.54) is 38.0 Å². The highest BCUT2D eigenvalue weighted by Gasteiger charge is 2.23. The van der Waals surface area contributed by atoms with Crippen LogP contribution in [0.3, 0.4) is 0 Å². The van der Waals surface area contributed by atoms with Crippen LogP contribution in [-0.4, -0.2) is 52.7 Å². The van der Waals surface area contributed by atoms with Gasteiger partial charge in [-0.2, -0.15) is 0 Å². The van der Waals surface area contributed by atoms with Gasteiger partial charge in [0.2, 0.25) is 15.9 Å². The first kappa shape index (κ1) is 24.2. The van der Waals surface area contributed by atoms with Crippen molar-refractivity contribution in [2.24, 2.45) is 7.05 Å². The highest BCUT2D eigenvalue weighted by atomic mass is 35.5. The molecule has 0 spiro atoms. The van der Waals surface area contributed by atoms with Gasteiger partial charge in [0.15, 0.2) is 11.0 Å². The van der Waals surface area contributed by atoms with Crippen LogP contribution >= 0.6 is 23.4 Å². The number of nitrogens with zero attached hydrogens (tertiary/aromatic N) is 4. The van der Waals surface area contributed by atoms with Crippen LogP contribution < -0.4 is 5.32 Å². The van der Waals surface area contributed by atoms with Gasteiger partial charge in [0.05, 0.1) is 10.3 Å². The maximum absolute atomic E-state index is 12.7. The highest BCUT2D eigenvalue weighted by Crippen LogP contribution is 2.29. The molecule has 2 aromatic carbocycles. The number of sulfonamides is 1. The molecule has 0 aliphatic heterocycles. The maximum Gasteiger partial charge on any atom is 0.244 e. The molecule has 0 aliphatic rings. The molecular weight excluding hydrogens is 470 g/mol. The number of halogens is 1. The van der Waals surface area contributed by atoms with E-state index < -0.39 is 15.3 Å². The fraction of sp³-hybridized carbons (Fsp3) is 0.286. The minimum absolute atomic E-state index is 0.0710. The summed E-state index contributed by atoms with van der Waals surface area (Å²) in [5.41, 5.74) is 2.40. The predicted molar refractivity (Wildman–Crippen MR) is 127 cm³/mol. The number of hydrogen-bond acceptors (Lipinski definition) is 6. The molecular formula is C21H24ClN5O3S2. The molecule has 1 N–H and O–H groups in total. The quantitative estimate of drug-likeness (QED) is 0.502. The number of amides is 1. The number of anilines is 1. The number of aromatic nitrogens is 3. The van der Waals surface area contributed by atoms with Crippen LogP contribution in [0.5, 0.6) is 0 Å². The summed E-state index contributed by atoms with van der Waals surface area (Å²) in [7, 11) is 0.942. The van der Waals surface area contributed by atoms with Gasteiger partial charge in [-0.3, -0.25) is 4.79 Å². The second-order valence-corrected chi connectivity index (χ2v) is 11.3. The predicted octanol–water partition coefficient (Wildman–Crippen LogP) is 3.81. The number of carbonyl (C=O) groups excluding carboxylic acids is 1. The molecule has 1 aromatic heterocycles. The standard InChI is InChI=1S/C21H24ClN5O3S2/c1-13-7-6-8-15(11-13)19-24-25-21(27(19)5)31-14(2)20(28)23-16-9-10-17(22)18(12-16)32(29,30)26(3)4/h6-12,14H,1-5H3,(H,23,28). The van der Waals surface area contributed by atoms with Crippen LogP contribution in [0.4, 0.5) is 5.69 Å². The Labute approximate surface area is 197 Å². The summed E-state index contributed by atoms with van der Waals surface area (Å²) in [6, 6.07) is 12.3. The third-order valence-corrected chi connectivity index (χ3v) is 8.15. The fourth-order valence-electron chi connectivity index (χ4n) is 2.88. The summed E-state index contributed by atoms with van der Waals surface area (Å²) in [6.45, 7) is 3.75. The number of rotatable bonds is 7. The van der Waals surface area contributed by atoms with E-state index in [1.807, 2.05) is 42.8 Å². The Kier molecular flexibility index (Phi) is 7.29. The Bertz CT molecular complexity index is 1260. The Balaban J connectivity index is 1.75. The van der Waals surface area contributed by atoms with Crippen molar-refractivity contribution in [3.63, 3.8) is 0 Å². The Morgan fingerprint density at radius 1 is 1.19 bits per heavy atom. The van der Waals surface area contributed by atoms with Crippen LogP contribution in [0.25, 0.3) is 11.4 Å². The van der Waals surface area contributed by atoms with Gasteiger partial charge in [0, 0.05) is 32.4 Å². The lowest BCUT2D eigenvalue weighted by atomic mass is 10.1. The number of benzene rings is 2. The van der Waals surface area contributed by atoms with Crippen molar-refractivity contribution in [3.8, 4) is 11.4 Å². The summed E-state index contributed by atoms with van der Waals surface area (Å²) in [5.74, 6) is 0.408. The van der Waals surface area contributed by atoms with Crippen molar-refractivity contribution >= 4 is 45.0 Å². The molecule has 1 unspecified atom stereocenters. The number of hydrogen-bond donors (Lipinski definition) is 1. The molecule has 0 aliphatic carbocycles. The van der Waals surface area contributed by atoms with E-state index in [0.717, 1.165) is 15.4 Å². The van der Waals surface area contributed by atoms with Gasteiger partial charge in [-0.25, -0.2) is 12.7 Å². The second-order valence-electron chi connectivity index (χ2n) is 7.42. The molecule has 1 amide bonds. The van der Waals surface area contributed by atoms with Crippen molar-refractivity contribution < 1.29 is 13.2 Å². The molecule has 0 saturated carbocycles. The van der Waals surface area contributed by atoms with E-state index in [1.54, 1.807) is 13.0 Å². The van der Waals surface area contributed by atoms with E-state index >= 15 is 0 Å². The summed E-state index contributed by atoms with van der Waals surface area (Å²) in [4.78, 5) is 12.7. The van der Waals surface area contributed by atoms with E-state index in [9.17, 15) is 13.2 Å². The maximum atomic E-state index is 12.7. The first-order valence-electron chi connectivity index (χ1n) is 9.66. The Morgan fingerprint density at radius 2 is 1.91 bits per heavy atom. The van der Waals surface area contributed by atoms with Gasteiger partial charge in [-0.05, 0) is 38.1 Å². The summed E-state index contributed by atoms with van der Waals surface area (Å²) < 4.78 is 27.8. The average molecular weight is 494 g/mol. The smallest absolute Gasteiger partial charge is 0.244 e. The molecule has 0 radical (unpaired) electrons. The molecule has 1 atom stereocenters. The van der Waals surface area contributed by atoms with Gasteiger partial charge in [-0.15, -0.1) is 10.2 Å². The van der Waals surface area contributed by atoms with Crippen molar-refractivity contribution in [1.82, 2.24) is 19.1 Å². The van der Waals surface area contributed by atoms with Gasteiger partial charge in [-0.1, -0.05) is 47.1 Å². The number of nitrogens with one attached hydrogen (secondary N) is 1.